The Kier molecular flexibility index (Phi) is 7.67. The van der Waals surface area contributed by atoms with Crippen molar-refractivity contribution in [2.75, 3.05) is 32.7 Å². The number of rotatable bonds is 5. The highest BCUT2D eigenvalue weighted by Gasteiger charge is 2.64. The van der Waals surface area contributed by atoms with E-state index in [1.54, 1.807) is 17.0 Å². The lowest BCUT2D eigenvalue weighted by molar-refractivity contribution is -0.249. The average Bonchev–Trinajstić information content (AvgIpc) is 3.21. The van der Waals surface area contributed by atoms with Crippen LogP contribution in [0.2, 0.25) is 10.0 Å². The summed E-state index contributed by atoms with van der Waals surface area (Å²) in [5, 5.41) is 12.2. The predicted octanol–water partition coefficient (Wildman–Crippen LogP) is 4.77. The molecule has 2 heterocycles. The largest absolute Gasteiger partial charge is 0.465 e. The molecule has 2 aliphatic heterocycles. The second-order valence-corrected chi connectivity index (χ2v) is 10.8. The van der Waals surface area contributed by atoms with Gasteiger partial charge in [0, 0.05) is 50.5 Å². The molecule has 7 nitrogen and oxygen atoms in total. The Morgan fingerprint density at radius 2 is 1.72 bits per heavy atom. The highest BCUT2D eigenvalue weighted by Crippen LogP contribution is 2.54. The number of likely N-dealkylation sites (tertiary alicyclic amines) is 2. The van der Waals surface area contributed by atoms with Crippen molar-refractivity contribution in [3.8, 4) is 0 Å². The van der Waals surface area contributed by atoms with Gasteiger partial charge in [-0.05, 0) is 43.4 Å². The van der Waals surface area contributed by atoms with Crippen LogP contribution in [0.4, 0.5) is 18.0 Å². The van der Waals surface area contributed by atoms with Gasteiger partial charge in [-0.25, -0.2) is 4.79 Å². The number of hydrogen-bond donors (Lipinski definition) is 2. The molecular formula is C24H28Cl2F3N3O4. The third-order valence-electron chi connectivity index (χ3n) is 7.93. The Morgan fingerprint density at radius 3 is 2.25 bits per heavy atom. The molecule has 3 aliphatic rings. The zero-order valence-electron chi connectivity index (χ0n) is 19.5. The van der Waals surface area contributed by atoms with Crippen molar-refractivity contribution in [2.24, 2.45) is 17.3 Å². The van der Waals surface area contributed by atoms with Crippen molar-refractivity contribution in [1.29, 1.82) is 0 Å². The smallest absolute Gasteiger partial charge is 0.404 e. The van der Waals surface area contributed by atoms with Gasteiger partial charge in [-0.1, -0.05) is 35.7 Å². The summed E-state index contributed by atoms with van der Waals surface area (Å²) in [7, 11) is 0. The van der Waals surface area contributed by atoms with Crippen molar-refractivity contribution in [1.82, 2.24) is 15.1 Å². The molecule has 0 radical (unpaired) electrons. The fourth-order valence-corrected chi connectivity index (χ4v) is 5.94. The number of alkyl halides is 3. The number of amides is 3. The third-order valence-corrected chi connectivity index (χ3v) is 8.67. The van der Waals surface area contributed by atoms with E-state index in [1.807, 2.05) is 6.07 Å². The van der Waals surface area contributed by atoms with Crippen molar-refractivity contribution in [3.05, 3.63) is 33.8 Å². The van der Waals surface area contributed by atoms with Gasteiger partial charge in [0.25, 0.3) is 0 Å². The number of hydrogen-bond acceptors (Lipinski definition) is 3. The second kappa shape index (κ2) is 10.3. The minimum absolute atomic E-state index is 0.112. The summed E-state index contributed by atoms with van der Waals surface area (Å²) < 4.78 is 40.7. The number of benzene rings is 1. The topological polar surface area (TPSA) is 89.9 Å². The van der Waals surface area contributed by atoms with Crippen LogP contribution in [0.15, 0.2) is 18.2 Å². The van der Waals surface area contributed by atoms with Crippen LogP contribution < -0.4 is 5.32 Å². The van der Waals surface area contributed by atoms with Crippen LogP contribution in [0.3, 0.4) is 0 Å². The number of nitrogens with one attached hydrogen (secondary N) is 1. The van der Waals surface area contributed by atoms with E-state index in [0.717, 1.165) is 5.56 Å². The fourth-order valence-electron chi connectivity index (χ4n) is 5.64. The van der Waals surface area contributed by atoms with E-state index >= 15 is 0 Å². The summed E-state index contributed by atoms with van der Waals surface area (Å²) >= 11 is 12.2. The van der Waals surface area contributed by atoms with Gasteiger partial charge < -0.3 is 20.2 Å². The number of halogens is 5. The van der Waals surface area contributed by atoms with E-state index in [9.17, 15) is 27.6 Å². The standard InChI is InChI=1S/C24H28Cl2F3N3O4/c25-18-3-2-15(10-19(18)26)17-13-32(12-16(17)11-30-22(35)36)20(33)14-4-8-31(9-5-14)21(34)23(6-1-7-23)24(27,28)29/h2-3,10,14,16-17,30H,1,4-9,11-13H2,(H,35,36)/t16-,17-/m0/s1. The highest BCUT2D eigenvalue weighted by molar-refractivity contribution is 6.42. The lowest BCUT2D eigenvalue weighted by Crippen LogP contribution is -2.57. The first-order chi connectivity index (χ1) is 16.9. The molecule has 36 heavy (non-hydrogen) atoms. The van der Waals surface area contributed by atoms with Gasteiger partial charge in [0.15, 0.2) is 0 Å². The first kappa shape index (κ1) is 26.9. The molecule has 12 heteroatoms. The van der Waals surface area contributed by atoms with Crippen molar-refractivity contribution in [3.63, 3.8) is 0 Å². The number of carbonyl (C=O) groups excluding carboxylic acids is 2. The molecule has 0 bridgehead atoms. The third kappa shape index (κ3) is 5.11. The van der Waals surface area contributed by atoms with E-state index in [4.69, 9.17) is 28.3 Å². The first-order valence-electron chi connectivity index (χ1n) is 12.0. The summed E-state index contributed by atoms with van der Waals surface area (Å²) in [6.45, 7) is 1.07. The molecule has 1 aromatic carbocycles. The number of piperidine rings is 1. The molecule has 4 rings (SSSR count). The zero-order valence-corrected chi connectivity index (χ0v) is 21.0. The minimum Gasteiger partial charge on any atom is -0.465 e. The SMILES string of the molecule is O=C(O)NC[C@H]1CN(C(=O)C2CCN(C(=O)C3(C(F)(F)F)CCC3)CC2)C[C@H]1c1ccc(Cl)c(Cl)c1. The molecule has 1 aliphatic carbocycles. The zero-order chi connectivity index (χ0) is 26.3. The molecule has 2 saturated heterocycles. The second-order valence-electron chi connectivity index (χ2n) is 9.97. The summed E-state index contributed by atoms with van der Waals surface area (Å²) in [5.41, 5.74) is -1.42. The Morgan fingerprint density at radius 1 is 1.06 bits per heavy atom. The summed E-state index contributed by atoms with van der Waals surface area (Å²) in [6.07, 6.45) is -5.11. The molecular weight excluding hydrogens is 522 g/mol. The van der Waals surface area contributed by atoms with Gasteiger partial charge in [0.05, 0.1) is 10.0 Å². The Bertz CT molecular complexity index is 1030. The van der Waals surface area contributed by atoms with Crippen LogP contribution >= 0.6 is 23.2 Å². The Balaban J connectivity index is 1.41. The van der Waals surface area contributed by atoms with Crippen LogP contribution in [-0.2, 0) is 9.59 Å². The van der Waals surface area contributed by atoms with E-state index in [0.29, 0.717) is 42.4 Å². The normalized spacial score (nSPS) is 24.4. The maximum Gasteiger partial charge on any atom is 0.404 e. The number of nitrogens with zero attached hydrogens (tertiary/aromatic N) is 2. The molecule has 0 aromatic heterocycles. The predicted molar refractivity (Wildman–Crippen MR) is 127 cm³/mol. The van der Waals surface area contributed by atoms with Crippen LogP contribution in [0.5, 0.6) is 0 Å². The summed E-state index contributed by atoms with van der Waals surface area (Å²) in [5.74, 6) is -1.75. The van der Waals surface area contributed by atoms with Crippen LogP contribution in [0, 0.1) is 17.3 Å². The molecule has 1 aromatic rings. The minimum atomic E-state index is -4.57. The first-order valence-corrected chi connectivity index (χ1v) is 12.7. The molecule has 2 N–H and O–H groups in total. The summed E-state index contributed by atoms with van der Waals surface area (Å²) in [6, 6.07) is 5.19. The van der Waals surface area contributed by atoms with Crippen molar-refractivity contribution >= 4 is 41.1 Å². The van der Waals surface area contributed by atoms with Gasteiger partial charge in [-0.15, -0.1) is 0 Å². The van der Waals surface area contributed by atoms with E-state index < -0.39 is 29.5 Å². The van der Waals surface area contributed by atoms with Crippen molar-refractivity contribution in [2.45, 2.75) is 44.2 Å². The molecule has 2 atom stereocenters. The number of carbonyl (C=O) groups is 3. The molecule has 3 amide bonds. The van der Waals surface area contributed by atoms with Gasteiger partial charge in [-0.2, -0.15) is 13.2 Å². The molecule has 198 valence electrons. The molecule has 0 spiro atoms. The average molecular weight is 550 g/mol. The van der Waals surface area contributed by atoms with Gasteiger partial charge >= 0.3 is 12.3 Å². The monoisotopic (exact) mass is 549 g/mol. The quantitative estimate of drug-likeness (QED) is 0.553. The van der Waals surface area contributed by atoms with Crippen molar-refractivity contribution < 1.29 is 32.7 Å². The van der Waals surface area contributed by atoms with Crippen LogP contribution in [0.25, 0.3) is 0 Å². The fraction of sp³-hybridized carbons (Fsp3) is 0.625. The maximum absolute atomic E-state index is 13.6. The van der Waals surface area contributed by atoms with Gasteiger partial charge in [0.1, 0.15) is 5.41 Å². The maximum atomic E-state index is 13.6. The van der Waals surface area contributed by atoms with Crippen LogP contribution in [0.1, 0.15) is 43.6 Å². The molecule has 0 unspecified atom stereocenters. The number of carboxylic acid groups (broad SMARTS) is 1. The summed E-state index contributed by atoms with van der Waals surface area (Å²) in [4.78, 5) is 40.1. The van der Waals surface area contributed by atoms with Crippen LogP contribution in [-0.4, -0.2) is 71.7 Å². The lowest BCUT2D eigenvalue weighted by atomic mass is 9.67. The van der Waals surface area contributed by atoms with Gasteiger partial charge in [0.2, 0.25) is 11.8 Å². The molecule has 1 saturated carbocycles. The van der Waals surface area contributed by atoms with Gasteiger partial charge in [-0.3, -0.25) is 9.59 Å². The van der Waals surface area contributed by atoms with E-state index in [-0.39, 0.29) is 50.2 Å². The van der Waals surface area contributed by atoms with E-state index in [2.05, 4.69) is 5.32 Å². The van der Waals surface area contributed by atoms with E-state index in [1.165, 1.54) is 4.90 Å². The highest BCUT2D eigenvalue weighted by atomic mass is 35.5. The Labute approximate surface area is 216 Å². The Hall–Kier alpha value is -2.20. The molecule has 3 fully saturated rings. The lowest BCUT2D eigenvalue weighted by Gasteiger charge is -2.45.